The zero-order valence-electron chi connectivity index (χ0n) is 42.9. The Labute approximate surface area is 402 Å². The zero-order chi connectivity index (χ0) is 48.0. The van der Waals surface area contributed by atoms with Crippen molar-refractivity contribution in [3.63, 3.8) is 0 Å². The van der Waals surface area contributed by atoms with Gasteiger partial charge in [0.15, 0.2) is 4.90 Å². The van der Waals surface area contributed by atoms with Crippen LogP contribution in [0.15, 0.2) is 121 Å². The summed E-state index contributed by atoms with van der Waals surface area (Å²) in [7, 11) is -3.81. The molecule has 0 bridgehead atoms. The molecule has 0 heterocycles. The van der Waals surface area contributed by atoms with Crippen LogP contribution in [0, 0.1) is 0 Å². The molecule has 6 heteroatoms. The van der Waals surface area contributed by atoms with Gasteiger partial charge in [-0.15, -0.1) is 0 Å². The van der Waals surface area contributed by atoms with Crippen LogP contribution in [0.3, 0.4) is 0 Å². The van der Waals surface area contributed by atoms with Gasteiger partial charge in [-0.25, -0.2) is 0 Å². The lowest BCUT2D eigenvalue weighted by Gasteiger charge is -2.41. The monoisotopic (exact) mass is 925 g/mol. The van der Waals surface area contributed by atoms with Crippen LogP contribution in [0.4, 0.5) is 0 Å². The number of benzene rings is 5. The van der Waals surface area contributed by atoms with Gasteiger partial charge >= 0.3 is 16.8 Å². The van der Waals surface area contributed by atoms with Crippen LogP contribution in [0.5, 0.6) is 23.0 Å². The molecule has 0 spiro atoms. The van der Waals surface area contributed by atoms with E-state index in [9.17, 15) is 0 Å². The summed E-state index contributed by atoms with van der Waals surface area (Å²) >= 11 is 0. The highest BCUT2D eigenvalue weighted by atomic mass is 31.2. The number of rotatable bonds is 19. The van der Waals surface area contributed by atoms with Crippen molar-refractivity contribution >= 4 is 22.3 Å². The van der Waals surface area contributed by atoms with Crippen molar-refractivity contribution in [3.05, 3.63) is 171 Å². The Morgan fingerprint density at radius 3 is 0.924 bits per heavy atom. The van der Waals surface area contributed by atoms with E-state index in [1.807, 2.05) is 0 Å². The van der Waals surface area contributed by atoms with Crippen LogP contribution >= 0.6 is 16.8 Å². The summed E-state index contributed by atoms with van der Waals surface area (Å²) in [5.74, 6) is 5.68. The van der Waals surface area contributed by atoms with E-state index in [0.717, 1.165) is 56.4 Å². The Morgan fingerprint density at radius 1 is 0.379 bits per heavy atom. The van der Waals surface area contributed by atoms with Gasteiger partial charge in [-0.1, -0.05) is 208 Å². The molecule has 0 N–H and O–H groups in total. The minimum atomic E-state index is -1.90. The van der Waals surface area contributed by atoms with Gasteiger partial charge < -0.3 is 18.1 Å². The second kappa shape index (κ2) is 22.2. The van der Waals surface area contributed by atoms with Gasteiger partial charge in [0, 0.05) is 0 Å². The molecule has 6 rings (SSSR count). The Balaban J connectivity index is 1.67. The van der Waals surface area contributed by atoms with Crippen molar-refractivity contribution in [2.45, 2.75) is 169 Å². The molecule has 0 unspecified atom stereocenters. The predicted molar refractivity (Wildman–Crippen MR) is 286 cm³/mol. The van der Waals surface area contributed by atoms with Crippen molar-refractivity contribution in [1.82, 2.24) is 0 Å². The van der Waals surface area contributed by atoms with Crippen LogP contribution < -0.4 is 18.1 Å². The number of hydrogen-bond acceptors (Lipinski definition) is 4. The fourth-order valence-corrected chi connectivity index (χ4v) is 12.3. The van der Waals surface area contributed by atoms with E-state index in [2.05, 4.69) is 232 Å². The van der Waals surface area contributed by atoms with Gasteiger partial charge in [0.1, 0.15) is 23.0 Å². The molecule has 0 atom stereocenters. The highest BCUT2D eigenvalue weighted by Crippen LogP contribution is 2.72. The summed E-state index contributed by atoms with van der Waals surface area (Å²) in [5.41, 5.74) is 12.1. The molecule has 5 aromatic rings. The molecule has 0 aliphatic heterocycles. The molecule has 1 aliphatic carbocycles. The predicted octanol–water partition coefficient (Wildman–Crippen LogP) is 19.7. The summed E-state index contributed by atoms with van der Waals surface area (Å²) in [6.07, 6.45) is 7.51. The van der Waals surface area contributed by atoms with Crippen LogP contribution in [0.25, 0.3) is 5.57 Å². The Kier molecular flexibility index (Phi) is 17.1. The van der Waals surface area contributed by atoms with Gasteiger partial charge in [0.25, 0.3) is 0 Å². The summed E-state index contributed by atoms with van der Waals surface area (Å²) in [6.45, 7) is 36.1. The first-order chi connectivity index (χ1) is 31.3. The van der Waals surface area contributed by atoms with E-state index in [1.165, 1.54) is 22.3 Å². The third-order valence-corrected chi connectivity index (χ3v) is 17.3. The summed E-state index contributed by atoms with van der Waals surface area (Å²) in [6, 6.07) is 37.6. The van der Waals surface area contributed by atoms with E-state index >= 15 is 0 Å². The Morgan fingerprint density at radius 2 is 0.682 bits per heavy atom. The van der Waals surface area contributed by atoms with Crippen molar-refractivity contribution in [1.29, 1.82) is 0 Å². The van der Waals surface area contributed by atoms with Crippen molar-refractivity contribution in [2.75, 3.05) is 0 Å². The van der Waals surface area contributed by atoms with Gasteiger partial charge in [-0.2, -0.15) is 0 Å². The first-order valence-corrected chi connectivity index (χ1v) is 27.0. The topological polar surface area (TPSA) is 36.9 Å². The average Bonchev–Trinajstić information content (AvgIpc) is 3.28. The second-order valence-corrected chi connectivity index (χ2v) is 24.5. The molecule has 1 aliphatic rings. The van der Waals surface area contributed by atoms with Crippen molar-refractivity contribution < 1.29 is 18.1 Å². The smallest absolute Gasteiger partial charge is 0.313 e. The maximum atomic E-state index is 7.67. The largest absolute Gasteiger partial charge is 0.437 e. The highest BCUT2D eigenvalue weighted by Gasteiger charge is 2.55. The lowest BCUT2D eigenvalue weighted by atomic mass is 9.95. The molecule has 66 heavy (non-hydrogen) atoms. The average molecular weight is 925 g/mol. The molecule has 0 fully saturated rings. The number of hydrogen-bond donors (Lipinski definition) is 0. The standard InChI is InChI=1S/C60H78O4P2/c1-38(2)48-22-26-56(52(34-48)42(9)10)61-65(62-57-27-23-49(39(3)4)35-53(57)43(11)12)60(32-30-47(31-33-60)46-20-18-17-19-21-46)66(63-58-28-24-50(40(5)6)36-54(58)44(13)14)64-59-29-25-51(41(7)8)37-55(59)45(15)16/h17-32,34-45H,33H2,1-16H3. The second-order valence-electron chi connectivity index (χ2n) is 20.7. The van der Waals surface area contributed by atoms with Crippen LogP contribution in [0.2, 0.25) is 0 Å². The summed E-state index contributed by atoms with van der Waals surface area (Å²) in [5, 5.41) is 0. The molecular formula is C60H78O4P2. The van der Waals surface area contributed by atoms with E-state index in [-0.39, 0.29) is 23.7 Å². The molecule has 4 nitrogen and oxygen atoms in total. The van der Waals surface area contributed by atoms with E-state index in [0.29, 0.717) is 30.1 Å². The minimum absolute atomic E-state index is 0.213. The number of allylic oxidation sites excluding steroid dienone is 4. The van der Waals surface area contributed by atoms with Gasteiger partial charge in [-0.05, 0) is 134 Å². The quantitative estimate of drug-likeness (QED) is 0.0773. The van der Waals surface area contributed by atoms with Gasteiger partial charge in [0.05, 0.1) is 0 Å². The van der Waals surface area contributed by atoms with Crippen molar-refractivity contribution in [3.8, 4) is 23.0 Å². The minimum Gasteiger partial charge on any atom is -0.437 e. The fourth-order valence-electron chi connectivity index (χ4n) is 8.35. The van der Waals surface area contributed by atoms with E-state index in [1.54, 1.807) is 0 Å². The summed E-state index contributed by atoms with van der Waals surface area (Å²) < 4.78 is 30.7. The first kappa shape index (κ1) is 51.0. The van der Waals surface area contributed by atoms with Crippen LogP contribution in [0.1, 0.15) is 215 Å². The molecule has 5 aromatic carbocycles. The molecule has 0 radical (unpaired) electrons. The van der Waals surface area contributed by atoms with Crippen molar-refractivity contribution in [2.24, 2.45) is 0 Å². The molecule has 0 saturated heterocycles. The molecule has 0 saturated carbocycles. The molecular weight excluding hydrogens is 847 g/mol. The lowest BCUT2D eigenvalue weighted by molar-refractivity contribution is 0.433. The van der Waals surface area contributed by atoms with Crippen LogP contribution in [-0.2, 0) is 0 Å². The van der Waals surface area contributed by atoms with E-state index in [4.69, 9.17) is 18.1 Å². The maximum absolute atomic E-state index is 7.67. The molecule has 0 aromatic heterocycles. The van der Waals surface area contributed by atoms with Gasteiger partial charge in [0.2, 0.25) is 0 Å². The third-order valence-electron chi connectivity index (χ3n) is 12.9. The maximum Gasteiger partial charge on any atom is 0.313 e. The van der Waals surface area contributed by atoms with E-state index < -0.39 is 21.6 Å². The first-order valence-electron chi connectivity index (χ1n) is 24.6. The third kappa shape index (κ3) is 11.8. The fraction of sp³-hybridized carbons (Fsp3) is 0.433. The zero-order valence-corrected chi connectivity index (χ0v) is 44.7. The molecule has 352 valence electrons. The summed E-state index contributed by atoms with van der Waals surface area (Å²) in [4.78, 5) is -0.908. The van der Waals surface area contributed by atoms with Crippen LogP contribution in [-0.4, -0.2) is 4.90 Å². The highest BCUT2D eigenvalue weighted by molar-refractivity contribution is 7.69. The normalized spacial score (nSPS) is 14.0. The Bertz CT molecular complexity index is 2190. The van der Waals surface area contributed by atoms with Gasteiger partial charge in [-0.3, -0.25) is 0 Å². The lowest BCUT2D eigenvalue weighted by Crippen LogP contribution is -2.31. The SMILES string of the molecule is CC(C)c1ccc(OP(Oc2ccc(C(C)C)cc2C(C)C)C2(P(Oc3ccc(C(C)C)cc3C(C)C)Oc3ccc(C(C)C)cc3C(C)C)C=CC(c3ccccc3)=CC2)c(C(C)C)c1. The molecule has 0 amide bonds. The Hall–Kier alpha value is -4.36.